The van der Waals surface area contributed by atoms with E-state index in [-0.39, 0.29) is 5.56 Å². The number of para-hydroxylation sites is 1. The maximum Gasteiger partial charge on any atom is 0.261 e. The average Bonchev–Trinajstić information content (AvgIpc) is 2.37. The van der Waals surface area contributed by atoms with Crippen molar-refractivity contribution in [1.29, 1.82) is 0 Å². The second-order valence-electron chi connectivity index (χ2n) is 3.99. The second kappa shape index (κ2) is 5.48. The fraction of sp³-hybridized carbons (Fsp3) is 0.0714. The van der Waals surface area contributed by atoms with Gasteiger partial charge in [0.05, 0.1) is 5.69 Å². The summed E-state index contributed by atoms with van der Waals surface area (Å²) in [6, 6.07) is 9.20. The van der Waals surface area contributed by atoms with Crippen LogP contribution in [0.15, 0.2) is 40.9 Å². The zero-order chi connectivity index (χ0) is 14.0. The Balaban J connectivity index is 2.36. The number of carbonyl (C=O) groups is 1. The van der Waals surface area contributed by atoms with Gasteiger partial charge in [0.2, 0.25) is 0 Å². The molecule has 0 atom stereocenters. The van der Waals surface area contributed by atoms with E-state index in [9.17, 15) is 13.6 Å². The lowest BCUT2D eigenvalue weighted by Gasteiger charge is -2.09. The van der Waals surface area contributed by atoms with Gasteiger partial charge in [0.1, 0.15) is 17.2 Å². The van der Waals surface area contributed by atoms with Crippen molar-refractivity contribution in [1.82, 2.24) is 0 Å². The fourth-order valence-electron chi connectivity index (χ4n) is 1.61. The van der Waals surface area contributed by atoms with Gasteiger partial charge in [-0.25, -0.2) is 8.78 Å². The number of benzene rings is 2. The third kappa shape index (κ3) is 2.81. The van der Waals surface area contributed by atoms with Crippen LogP contribution in [0.4, 0.5) is 14.5 Å². The molecule has 0 aliphatic rings. The highest BCUT2D eigenvalue weighted by Crippen LogP contribution is 2.23. The number of rotatable bonds is 2. The molecular formula is C14H10BrF2NO. The van der Waals surface area contributed by atoms with E-state index >= 15 is 0 Å². The molecule has 0 aliphatic carbocycles. The summed E-state index contributed by atoms with van der Waals surface area (Å²) in [5, 5.41) is 2.47. The quantitative estimate of drug-likeness (QED) is 0.876. The molecule has 0 radical (unpaired) electrons. The molecule has 98 valence electrons. The number of nitrogens with one attached hydrogen (secondary N) is 1. The van der Waals surface area contributed by atoms with Gasteiger partial charge in [0, 0.05) is 4.47 Å². The number of hydrogen-bond donors (Lipinski definition) is 1. The van der Waals surface area contributed by atoms with E-state index in [1.165, 1.54) is 13.0 Å². The van der Waals surface area contributed by atoms with Crippen molar-refractivity contribution in [2.75, 3.05) is 5.32 Å². The first-order chi connectivity index (χ1) is 9.00. The van der Waals surface area contributed by atoms with Crippen LogP contribution in [-0.2, 0) is 0 Å². The molecule has 1 N–H and O–H groups in total. The van der Waals surface area contributed by atoms with Crippen molar-refractivity contribution in [3.05, 3.63) is 63.6 Å². The molecule has 0 spiro atoms. The standard InChI is InChI=1S/C14H10BrF2NO/c1-8-6-7-10(16)12(13(8)17)14(19)18-11-5-3-2-4-9(11)15/h2-7H,1H3,(H,18,19). The van der Waals surface area contributed by atoms with Crippen molar-refractivity contribution < 1.29 is 13.6 Å². The van der Waals surface area contributed by atoms with Crippen molar-refractivity contribution >= 4 is 27.5 Å². The van der Waals surface area contributed by atoms with E-state index in [4.69, 9.17) is 0 Å². The largest absolute Gasteiger partial charge is 0.321 e. The summed E-state index contributed by atoms with van der Waals surface area (Å²) in [6.45, 7) is 1.48. The maximum absolute atomic E-state index is 13.8. The van der Waals surface area contributed by atoms with Crippen LogP contribution in [0.3, 0.4) is 0 Å². The van der Waals surface area contributed by atoms with Crippen LogP contribution in [0.1, 0.15) is 15.9 Å². The van der Waals surface area contributed by atoms with Crippen LogP contribution in [0.2, 0.25) is 0 Å². The number of halogens is 3. The molecule has 2 nitrogen and oxygen atoms in total. The Morgan fingerprint density at radius 3 is 2.53 bits per heavy atom. The van der Waals surface area contributed by atoms with Gasteiger partial charge in [-0.2, -0.15) is 0 Å². The third-order valence-electron chi connectivity index (χ3n) is 2.63. The second-order valence-corrected chi connectivity index (χ2v) is 4.84. The Kier molecular flexibility index (Phi) is 3.95. The number of carbonyl (C=O) groups excluding carboxylic acids is 1. The van der Waals surface area contributed by atoms with Crippen LogP contribution >= 0.6 is 15.9 Å². The van der Waals surface area contributed by atoms with Crippen LogP contribution in [0.25, 0.3) is 0 Å². The lowest BCUT2D eigenvalue weighted by Crippen LogP contribution is -2.16. The van der Waals surface area contributed by atoms with Gasteiger partial charge in [-0.15, -0.1) is 0 Å². The number of hydrogen-bond acceptors (Lipinski definition) is 1. The highest BCUT2D eigenvalue weighted by atomic mass is 79.9. The van der Waals surface area contributed by atoms with Crippen LogP contribution in [-0.4, -0.2) is 5.91 Å². The summed E-state index contributed by atoms with van der Waals surface area (Å²) in [7, 11) is 0. The van der Waals surface area contributed by atoms with Crippen molar-refractivity contribution in [3.8, 4) is 0 Å². The predicted molar refractivity (Wildman–Crippen MR) is 73.2 cm³/mol. The van der Waals surface area contributed by atoms with E-state index in [0.29, 0.717) is 10.2 Å². The molecule has 5 heteroatoms. The van der Waals surface area contributed by atoms with Gasteiger partial charge in [-0.3, -0.25) is 4.79 Å². The molecule has 0 bridgehead atoms. The maximum atomic E-state index is 13.8. The molecule has 2 aromatic carbocycles. The Morgan fingerprint density at radius 2 is 1.84 bits per heavy atom. The highest BCUT2D eigenvalue weighted by Gasteiger charge is 2.19. The van der Waals surface area contributed by atoms with E-state index in [1.54, 1.807) is 24.3 Å². The minimum Gasteiger partial charge on any atom is -0.321 e. The van der Waals surface area contributed by atoms with Gasteiger partial charge in [-0.1, -0.05) is 18.2 Å². The van der Waals surface area contributed by atoms with Gasteiger partial charge < -0.3 is 5.32 Å². The Bertz CT molecular complexity index is 643. The van der Waals surface area contributed by atoms with Crippen molar-refractivity contribution in [3.63, 3.8) is 0 Å². The molecule has 0 aliphatic heterocycles. The molecule has 2 aromatic rings. The van der Waals surface area contributed by atoms with Gasteiger partial charge >= 0.3 is 0 Å². The Labute approximate surface area is 117 Å². The van der Waals surface area contributed by atoms with Gasteiger partial charge in [-0.05, 0) is 46.6 Å². The molecule has 0 aromatic heterocycles. The first-order valence-electron chi connectivity index (χ1n) is 5.51. The third-order valence-corrected chi connectivity index (χ3v) is 3.32. The predicted octanol–water partition coefficient (Wildman–Crippen LogP) is 4.29. The van der Waals surface area contributed by atoms with Gasteiger partial charge in [0.25, 0.3) is 5.91 Å². The molecule has 0 heterocycles. The van der Waals surface area contributed by atoms with Crippen molar-refractivity contribution in [2.45, 2.75) is 6.92 Å². The summed E-state index contributed by atoms with van der Waals surface area (Å²) < 4.78 is 28.0. The summed E-state index contributed by atoms with van der Waals surface area (Å²) in [4.78, 5) is 11.9. The van der Waals surface area contributed by atoms with Crippen molar-refractivity contribution in [2.24, 2.45) is 0 Å². The molecule has 0 saturated carbocycles. The lowest BCUT2D eigenvalue weighted by molar-refractivity contribution is 0.101. The molecule has 2 rings (SSSR count). The summed E-state index contributed by atoms with van der Waals surface area (Å²) >= 11 is 3.25. The number of anilines is 1. The smallest absolute Gasteiger partial charge is 0.261 e. The van der Waals surface area contributed by atoms with Crippen LogP contribution < -0.4 is 5.32 Å². The monoisotopic (exact) mass is 325 g/mol. The molecule has 0 saturated heterocycles. The normalized spacial score (nSPS) is 10.3. The van der Waals surface area contributed by atoms with Gasteiger partial charge in [0.15, 0.2) is 0 Å². The average molecular weight is 326 g/mol. The minimum atomic E-state index is -0.882. The first kappa shape index (κ1) is 13.7. The highest BCUT2D eigenvalue weighted by molar-refractivity contribution is 9.10. The molecule has 0 fully saturated rings. The molecular weight excluding hydrogens is 316 g/mol. The molecule has 19 heavy (non-hydrogen) atoms. The van der Waals surface area contributed by atoms with Crippen LogP contribution in [0.5, 0.6) is 0 Å². The summed E-state index contributed by atoms with van der Waals surface area (Å²) in [5.41, 5.74) is 0.0993. The lowest BCUT2D eigenvalue weighted by atomic mass is 10.1. The minimum absolute atomic E-state index is 0.221. The number of aryl methyl sites for hydroxylation is 1. The summed E-state index contributed by atoms with van der Waals surface area (Å²) in [6.07, 6.45) is 0. The Morgan fingerprint density at radius 1 is 1.16 bits per heavy atom. The van der Waals surface area contributed by atoms with Crippen LogP contribution in [0, 0.1) is 18.6 Å². The van der Waals surface area contributed by atoms with E-state index in [1.807, 2.05) is 0 Å². The molecule has 0 unspecified atom stereocenters. The SMILES string of the molecule is Cc1ccc(F)c(C(=O)Nc2ccccc2Br)c1F. The van der Waals surface area contributed by atoms with E-state index in [2.05, 4.69) is 21.2 Å². The number of amides is 1. The van der Waals surface area contributed by atoms with E-state index < -0.39 is 23.1 Å². The summed E-state index contributed by atoms with van der Waals surface area (Å²) in [5.74, 6) is -2.54. The molecule has 1 amide bonds. The Hall–Kier alpha value is -1.75. The topological polar surface area (TPSA) is 29.1 Å². The first-order valence-corrected chi connectivity index (χ1v) is 6.30. The zero-order valence-electron chi connectivity index (χ0n) is 10.0. The van der Waals surface area contributed by atoms with E-state index in [0.717, 1.165) is 6.07 Å². The zero-order valence-corrected chi connectivity index (χ0v) is 11.6. The fourth-order valence-corrected chi connectivity index (χ4v) is 2.00.